The van der Waals surface area contributed by atoms with Gasteiger partial charge in [0, 0.05) is 0 Å². The number of halogens is 1. The quantitative estimate of drug-likeness (QED) is 0.839. The molecular formula is C14H20FNO3S. The van der Waals surface area contributed by atoms with E-state index in [0.29, 0.717) is 11.5 Å². The van der Waals surface area contributed by atoms with E-state index in [1.165, 1.54) is 6.07 Å². The number of piperidine rings is 1. The molecule has 0 aliphatic carbocycles. The van der Waals surface area contributed by atoms with Gasteiger partial charge >= 0.3 is 0 Å². The number of nitrogens with one attached hydrogen (secondary N) is 1. The molecule has 0 spiro atoms. The van der Waals surface area contributed by atoms with Crippen LogP contribution in [0.15, 0.2) is 23.1 Å². The van der Waals surface area contributed by atoms with Gasteiger partial charge in [-0.05, 0) is 68.0 Å². The Morgan fingerprint density at radius 3 is 2.60 bits per heavy atom. The van der Waals surface area contributed by atoms with Crippen molar-refractivity contribution in [2.45, 2.75) is 37.0 Å². The number of hydrogen-bond acceptors (Lipinski definition) is 3. The molecule has 1 fully saturated rings. The van der Waals surface area contributed by atoms with Crippen molar-refractivity contribution in [1.82, 2.24) is 5.32 Å². The van der Waals surface area contributed by atoms with Gasteiger partial charge < -0.3 is 5.32 Å². The Labute approximate surface area is 119 Å². The number of hydrogen-bond donors (Lipinski definition) is 2. The maximum Gasteiger partial charge on any atom is 0.294 e. The van der Waals surface area contributed by atoms with E-state index in [4.69, 9.17) is 0 Å². The molecule has 2 rings (SSSR count). The van der Waals surface area contributed by atoms with Crippen LogP contribution in [0.1, 0.15) is 37.7 Å². The minimum Gasteiger partial charge on any atom is -0.317 e. The van der Waals surface area contributed by atoms with Gasteiger partial charge in [0.15, 0.2) is 0 Å². The summed E-state index contributed by atoms with van der Waals surface area (Å²) in [6.45, 7) is 3.74. The largest absolute Gasteiger partial charge is 0.317 e. The fourth-order valence-corrected chi connectivity index (χ4v) is 3.85. The van der Waals surface area contributed by atoms with Gasteiger partial charge in [-0.25, -0.2) is 4.39 Å². The van der Waals surface area contributed by atoms with E-state index in [0.717, 1.165) is 44.5 Å². The highest BCUT2D eigenvalue weighted by molar-refractivity contribution is 7.85. The molecule has 2 N–H and O–H groups in total. The Hall–Kier alpha value is -0.980. The van der Waals surface area contributed by atoms with Crippen molar-refractivity contribution >= 4 is 10.1 Å². The Morgan fingerprint density at radius 2 is 2.05 bits per heavy atom. The van der Waals surface area contributed by atoms with Gasteiger partial charge in [-0.15, -0.1) is 0 Å². The van der Waals surface area contributed by atoms with Crippen molar-refractivity contribution in [3.8, 4) is 0 Å². The van der Waals surface area contributed by atoms with E-state index in [9.17, 15) is 17.4 Å². The highest BCUT2D eigenvalue weighted by Gasteiger charge is 2.28. The molecule has 1 saturated heterocycles. The lowest BCUT2D eigenvalue weighted by Gasteiger charge is -2.31. The van der Waals surface area contributed by atoms with Crippen LogP contribution in [0.5, 0.6) is 0 Å². The number of rotatable bonds is 4. The van der Waals surface area contributed by atoms with Gasteiger partial charge in [0.05, 0.1) is 4.90 Å². The number of benzene rings is 1. The molecule has 0 bridgehead atoms. The molecule has 0 saturated carbocycles. The Kier molecular flexibility index (Phi) is 4.78. The third kappa shape index (κ3) is 3.37. The molecule has 1 aliphatic rings. The van der Waals surface area contributed by atoms with Gasteiger partial charge in [-0.1, -0.05) is 6.92 Å². The monoisotopic (exact) mass is 301 g/mol. The second-order valence-electron chi connectivity index (χ2n) is 5.26. The van der Waals surface area contributed by atoms with Crippen molar-refractivity contribution in [2.75, 3.05) is 13.1 Å². The van der Waals surface area contributed by atoms with Crippen molar-refractivity contribution in [3.63, 3.8) is 0 Å². The summed E-state index contributed by atoms with van der Waals surface area (Å²) in [5, 5.41) is 3.26. The molecule has 1 aliphatic heterocycles. The predicted octanol–water partition coefficient (Wildman–Crippen LogP) is 2.57. The molecule has 1 heterocycles. The SMILES string of the molecule is CCC(c1cc(F)ccc1S(=O)(=O)O)C1CCNCC1. The summed E-state index contributed by atoms with van der Waals surface area (Å²) >= 11 is 0. The first-order valence-corrected chi connectivity index (χ1v) is 8.35. The lowest BCUT2D eigenvalue weighted by Crippen LogP contribution is -2.31. The van der Waals surface area contributed by atoms with Crippen molar-refractivity contribution in [3.05, 3.63) is 29.6 Å². The third-order valence-corrected chi connectivity index (χ3v) is 4.97. The first kappa shape index (κ1) is 15.4. The normalized spacial score (nSPS) is 18.9. The van der Waals surface area contributed by atoms with Crippen LogP contribution in [0.3, 0.4) is 0 Å². The van der Waals surface area contributed by atoms with Crippen LogP contribution in [-0.2, 0) is 10.1 Å². The molecule has 0 radical (unpaired) electrons. The molecule has 0 aromatic heterocycles. The zero-order valence-corrected chi connectivity index (χ0v) is 12.3. The summed E-state index contributed by atoms with van der Waals surface area (Å²) in [5.74, 6) is -0.215. The van der Waals surface area contributed by atoms with E-state index in [1.807, 2.05) is 6.92 Å². The molecular weight excluding hydrogens is 281 g/mol. The van der Waals surface area contributed by atoms with Crippen molar-refractivity contribution in [1.29, 1.82) is 0 Å². The molecule has 20 heavy (non-hydrogen) atoms. The van der Waals surface area contributed by atoms with Crippen LogP contribution in [0.4, 0.5) is 4.39 Å². The molecule has 1 unspecified atom stereocenters. The lowest BCUT2D eigenvalue weighted by atomic mass is 9.79. The molecule has 6 heteroatoms. The molecule has 112 valence electrons. The fourth-order valence-electron chi connectivity index (χ4n) is 3.10. The van der Waals surface area contributed by atoms with E-state index < -0.39 is 15.9 Å². The van der Waals surface area contributed by atoms with Crippen LogP contribution >= 0.6 is 0 Å². The van der Waals surface area contributed by atoms with E-state index >= 15 is 0 Å². The molecule has 1 aromatic rings. The fraction of sp³-hybridized carbons (Fsp3) is 0.571. The molecule has 1 atom stereocenters. The second kappa shape index (κ2) is 6.20. The summed E-state index contributed by atoms with van der Waals surface area (Å²) in [7, 11) is -4.33. The smallest absolute Gasteiger partial charge is 0.294 e. The van der Waals surface area contributed by atoms with E-state index in [2.05, 4.69) is 5.32 Å². The van der Waals surface area contributed by atoms with E-state index in [-0.39, 0.29) is 10.8 Å². The average molecular weight is 301 g/mol. The third-order valence-electron chi connectivity index (χ3n) is 4.04. The van der Waals surface area contributed by atoms with Crippen LogP contribution < -0.4 is 5.32 Å². The maximum atomic E-state index is 13.5. The molecule has 0 amide bonds. The minimum atomic E-state index is -4.33. The Bertz CT molecular complexity index is 568. The highest BCUT2D eigenvalue weighted by Crippen LogP contribution is 2.37. The Balaban J connectivity index is 2.44. The Morgan fingerprint density at radius 1 is 1.40 bits per heavy atom. The first-order chi connectivity index (χ1) is 9.43. The summed E-state index contributed by atoms with van der Waals surface area (Å²) in [5.41, 5.74) is 0.405. The van der Waals surface area contributed by atoms with Gasteiger partial charge in [-0.3, -0.25) is 4.55 Å². The predicted molar refractivity (Wildman–Crippen MR) is 74.8 cm³/mol. The average Bonchev–Trinajstić information content (AvgIpc) is 2.39. The van der Waals surface area contributed by atoms with Crippen LogP contribution in [0, 0.1) is 11.7 Å². The van der Waals surface area contributed by atoms with Gasteiger partial charge in [0.25, 0.3) is 10.1 Å². The standard InChI is InChI=1S/C14H20FNO3S/c1-2-12(10-5-7-16-8-6-10)13-9-11(15)3-4-14(13)20(17,18)19/h3-4,9-10,12,16H,2,5-8H2,1H3,(H,17,18,19). The zero-order chi connectivity index (χ0) is 14.8. The maximum absolute atomic E-state index is 13.5. The van der Waals surface area contributed by atoms with Gasteiger partial charge in [0.1, 0.15) is 5.82 Å². The molecule has 4 nitrogen and oxygen atoms in total. The summed E-state index contributed by atoms with van der Waals surface area (Å²) in [6.07, 6.45) is 2.58. The summed E-state index contributed by atoms with van der Waals surface area (Å²) in [4.78, 5) is -0.163. The highest BCUT2D eigenvalue weighted by atomic mass is 32.2. The van der Waals surface area contributed by atoms with Crippen molar-refractivity contribution in [2.24, 2.45) is 5.92 Å². The second-order valence-corrected chi connectivity index (χ2v) is 6.65. The van der Waals surface area contributed by atoms with E-state index in [1.54, 1.807) is 0 Å². The topological polar surface area (TPSA) is 66.4 Å². The van der Waals surface area contributed by atoms with Gasteiger partial charge in [0.2, 0.25) is 0 Å². The zero-order valence-electron chi connectivity index (χ0n) is 11.5. The summed E-state index contributed by atoms with van der Waals surface area (Å²) < 4.78 is 45.8. The van der Waals surface area contributed by atoms with Gasteiger partial charge in [-0.2, -0.15) is 8.42 Å². The first-order valence-electron chi connectivity index (χ1n) is 6.91. The minimum absolute atomic E-state index is 0.0512. The van der Waals surface area contributed by atoms with Crippen molar-refractivity contribution < 1.29 is 17.4 Å². The van der Waals surface area contributed by atoms with Crippen LogP contribution in [0.25, 0.3) is 0 Å². The summed E-state index contributed by atoms with van der Waals surface area (Å²) in [6, 6.07) is 3.48. The lowest BCUT2D eigenvalue weighted by molar-refractivity contribution is 0.308. The van der Waals surface area contributed by atoms with Crippen LogP contribution in [-0.4, -0.2) is 26.1 Å². The molecule has 1 aromatic carbocycles. The van der Waals surface area contributed by atoms with Crippen LogP contribution in [0.2, 0.25) is 0 Å².